The summed E-state index contributed by atoms with van der Waals surface area (Å²) < 4.78 is 0. The highest BCUT2D eigenvalue weighted by Crippen LogP contribution is 2.27. The Morgan fingerprint density at radius 2 is 2.00 bits per heavy atom. The summed E-state index contributed by atoms with van der Waals surface area (Å²) in [4.78, 5) is 12.1. The van der Waals surface area contributed by atoms with Crippen molar-refractivity contribution in [3.63, 3.8) is 0 Å². The molecule has 1 unspecified atom stereocenters. The summed E-state index contributed by atoms with van der Waals surface area (Å²) in [6.45, 7) is 7.71. The minimum atomic E-state index is -0.376. The Bertz CT molecular complexity index is 424. The number of Topliss-reactive ketones (excluding diaryl/α,β-unsaturated/α-hetero) is 1. The number of carbonyl (C=O) groups excluding carboxylic acids is 1. The lowest BCUT2D eigenvalue weighted by Gasteiger charge is -2.25. The highest BCUT2D eigenvalue weighted by atomic mass is 35.5. The van der Waals surface area contributed by atoms with Gasteiger partial charge in [0.05, 0.1) is 16.6 Å². The molecule has 0 radical (unpaired) electrons. The average Bonchev–Trinajstić information content (AvgIpc) is 2.18. The van der Waals surface area contributed by atoms with E-state index in [-0.39, 0.29) is 33.7 Å². The fourth-order valence-corrected chi connectivity index (χ4v) is 1.84. The van der Waals surface area contributed by atoms with Gasteiger partial charge in [0.25, 0.3) is 0 Å². The highest BCUT2D eigenvalue weighted by Gasteiger charge is 2.23. The molecule has 3 nitrogen and oxygen atoms in total. The molecule has 0 aliphatic heterocycles. The van der Waals surface area contributed by atoms with Crippen LogP contribution >= 0.6 is 11.6 Å². The van der Waals surface area contributed by atoms with Crippen LogP contribution in [0.15, 0.2) is 18.2 Å². The molecule has 0 bridgehead atoms. The monoisotopic (exact) mass is 255 g/mol. The molecule has 1 atom stereocenters. The van der Waals surface area contributed by atoms with Crippen LogP contribution in [0.2, 0.25) is 5.02 Å². The van der Waals surface area contributed by atoms with Gasteiger partial charge in [0.15, 0.2) is 5.78 Å². The Balaban J connectivity index is 2.93. The number of hydrogen-bond donors (Lipinski definition) is 2. The van der Waals surface area contributed by atoms with Crippen LogP contribution in [-0.2, 0) is 0 Å². The number of halogens is 1. The zero-order valence-corrected chi connectivity index (χ0v) is 11.3. The Morgan fingerprint density at radius 1 is 1.41 bits per heavy atom. The molecule has 0 aromatic heterocycles. The minimum absolute atomic E-state index is 0.151. The minimum Gasteiger partial charge on any atom is -0.506 e. The van der Waals surface area contributed by atoms with E-state index in [1.807, 2.05) is 20.8 Å². The predicted octanol–water partition coefficient (Wildman–Crippen LogP) is 3.00. The molecule has 0 aliphatic rings. The van der Waals surface area contributed by atoms with E-state index in [9.17, 15) is 9.90 Å². The third-order valence-electron chi connectivity index (χ3n) is 2.30. The average molecular weight is 256 g/mol. The van der Waals surface area contributed by atoms with E-state index in [1.54, 1.807) is 25.1 Å². The summed E-state index contributed by atoms with van der Waals surface area (Å²) in [7, 11) is 0. The molecule has 0 spiro atoms. The number of para-hydroxylation sites is 1. The number of aromatic hydroxyl groups is 1. The molecule has 1 rings (SSSR count). The number of benzene rings is 1. The van der Waals surface area contributed by atoms with E-state index < -0.39 is 0 Å². The summed E-state index contributed by atoms with van der Waals surface area (Å²) in [6.07, 6.45) is 0. The normalized spacial score (nSPS) is 13.5. The van der Waals surface area contributed by atoms with Crippen molar-refractivity contribution in [3.8, 4) is 5.75 Å². The van der Waals surface area contributed by atoms with Crippen LogP contribution < -0.4 is 5.32 Å². The van der Waals surface area contributed by atoms with Gasteiger partial charge < -0.3 is 10.4 Å². The van der Waals surface area contributed by atoms with Gasteiger partial charge in [0.2, 0.25) is 0 Å². The molecule has 1 aromatic rings. The Morgan fingerprint density at radius 3 is 2.53 bits per heavy atom. The molecule has 0 heterocycles. The van der Waals surface area contributed by atoms with E-state index in [1.165, 1.54) is 0 Å². The van der Waals surface area contributed by atoms with Crippen LogP contribution in [0, 0.1) is 0 Å². The van der Waals surface area contributed by atoms with E-state index >= 15 is 0 Å². The molecule has 0 saturated heterocycles. The van der Waals surface area contributed by atoms with Gasteiger partial charge in [-0.05, 0) is 39.8 Å². The van der Waals surface area contributed by atoms with Gasteiger partial charge in [-0.3, -0.25) is 4.79 Å². The molecule has 2 N–H and O–H groups in total. The topological polar surface area (TPSA) is 49.3 Å². The van der Waals surface area contributed by atoms with Crippen molar-refractivity contribution in [1.82, 2.24) is 5.32 Å². The maximum atomic E-state index is 12.1. The first-order valence-electron chi connectivity index (χ1n) is 5.52. The first kappa shape index (κ1) is 14.0. The molecule has 0 fully saturated rings. The number of phenols is 1. The van der Waals surface area contributed by atoms with Gasteiger partial charge in [-0.15, -0.1) is 0 Å². The van der Waals surface area contributed by atoms with Gasteiger partial charge in [0.1, 0.15) is 5.75 Å². The van der Waals surface area contributed by atoms with Crippen LogP contribution in [-0.4, -0.2) is 22.5 Å². The molecular weight excluding hydrogens is 238 g/mol. The Kier molecular flexibility index (Phi) is 4.17. The molecule has 0 saturated carbocycles. The summed E-state index contributed by atoms with van der Waals surface area (Å²) in [6, 6.07) is 4.40. The lowest BCUT2D eigenvalue weighted by Crippen LogP contribution is -2.46. The fourth-order valence-electron chi connectivity index (χ4n) is 1.66. The molecule has 4 heteroatoms. The van der Waals surface area contributed by atoms with Crippen LogP contribution in [0.25, 0.3) is 0 Å². The highest BCUT2D eigenvalue weighted by molar-refractivity contribution is 6.32. The number of phenolic OH excluding ortho intramolecular Hbond substituents is 1. The smallest absolute Gasteiger partial charge is 0.183 e. The first-order valence-corrected chi connectivity index (χ1v) is 5.89. The first-order chi connectivity index (χ1) is 7.72. The zero-order valence-electron chi connectivity index (χ0n) is 10.5. The van der Waals surface area contributed by atoms with E-state index in [0.717, 1.165) is 0 Å². The van der Waals surface area contributed by atoms with Gasteiger partial charge in [-0.25, -0.2) is 0 Å². The second-order valence-corrected chi connectivity index (χ2v) is 5.52. The van der Waals surface area contributed by atoms with Crippen molar-refractivity contribution in [1.29, 1.82) is 0 Å². The van der Waals surface area contributed by atoms with Gasteiger partial charge in [0, 0.05) is 5.54 Å². The quantitative estimate of drug-likeness (QED) is 0.817. The van der Waals surface area contributed by atoms with Crippen LogP contribution in [0.5, 0.6) is 5.75 Å². The van der Waals surface area contributed by atoms with E-state index in [0.29, 0.717) is 0 Å². The van der Waals surface area contributed by atoms with Gasteiger partial charge in [-0.2, -0.15) is 0 Å². The van der Waals surface area contributed by atoms with E-state index in [4.69, 9.17) is 11.6 Å². The summed E-state index contributed by atoms with van der Waals surface area (Å²) in [5.41, 5.74) is 0.0882. The van der Waals surface area contributed by atoms with Crippen molar-refractivity contribution < 1.29 is 9.90 Å². The molecular formula is C13H18ClNO2. The Hall–Kier alpha value is -1.06. The van der Waals surface area contributed by atoms with Crippen LogP contribution in [0.3, 0.4) is 0 Å². The van der Waals surface area contributed by atoms with Crippen molar-refractivity contribution >= 4 is 17.4 Å². The maximum absolute atomic E-state index is 12.1. The van der Waals surface area contributed by atoms with E-state index in [2.05, 4.69) is 5.32 Å². The van der Waals surface area contributed by atoms with Crippen molar-refractivity contribution in [2.24, 2.45) is 0 Å². The largest absolute Gasteiger partial charge is 0.506 e. The molecule has 0 amide bonds. The Labute approximate surface area is 107 Å². The number of ketones is 1. The summed E-state index contributed by atoms with van der Waals surface area (Å²) in [5, 5.41) is 13.1. The second kappa shape index (κ2) is 5.07. The number of carbonyl (C=O) groups is 1. The van der Waals surface area contributed by atoms with Gasteiger partial charge >= 0.3 is 0 Å². The second-order valence-electron chi connectivity index (χ2n) is 5.12. The third kappa shape index (κ3) is 3.72. The van der Waals surface area contributed by atoms with Crippen molar-refractivity contribution in [2.45, 2.75) is 39.3 Å². The maximum Gasteiger partial charge on any atom is 0.183 e. The van der Waals surface area contributed by atoms with Crippen molar-refractivity contribution in [3.05, 3.63) is 28.8 Å². The predicted molar refractivity (Wildman–Crippen MR) is 69.8 cm³/mol. The van der Waals surface area contributed by atoms with Crippen LogP contribution in [0.4, 0.5) is 0 Å². The molecule has 94 valence electrons. The SMILES string of the molecule is CC(NC(C)(C)C)C(=O)c1cccc(Cl)c1O. The number of rotatable bonds is 3. The summed E-state index contributed by atoms with van der Waals surface area (Å²) >= 11 is 5.77. The number of nitrogens with one attached hydrogen (secondary N) is 1. The molecule has 1 aromatic carbocycles. The molecule has 17 heavy (non-hydrogen) atoms. The zero-order chi connectivity index (χ0) is 13.2. The van der Waals surface area contributed by atoms with Crippen LogP contribution in [0.1, 0.15) is 38.1 Å². The number of hydrogen-bond acceptors (Lipinski definition) is 3. The summed E-state index contributed by atoms with van der Waals surface area (Å²) in [5.74, 6) is -0.318. The molecule has 0 aliphatic carbocycles. The fraction of sp³-hybridized carbons (Fsp3) is 0.462. The third-order valence-corrected chi connectivity index (χ3v) is 2.60. The standard InChI is InChI=1S/C13H18ClNO2/c1-8(15-13(2,3)4)11(16)9-6-5-7-10(14)12(9)17/h5-8,15,17H,1-4H3. The lowest BCUT2D eigenvalue weighted by atomic mass is 10.0. The van der Waals surface area contributed by atoms with Gasteiger partial charge in [-0.1, -0.05) is 17.7 Å². The lowest BCUT2D eigenvalue weighted by molar-refractivity contribution is 0.0933. The van der Waals surface area contributed by atoms with Crippen molar-refractivity contribution in [2.75, 3.05) is 0 Å².